The van der Waals surface area contributed by atoms with Crippen LogP contribution in [0.4, 0.5) is 4.39 Å². The molecule has 10 heavy (non-hydrogen) atoms. The van der Waals surface area contributed by atoms with Gasteiger partial charge in [-0.15, -0.1) is 0 Å². The summed E-state index contributed by atoms with van der Waals surface area (Å²) in [6.07, 6.45) is 5.96. The van der Waals surface area contributed by atoms with Gasteiger partial charge in [-0.2, -0.15) is 0 Å². The fourth-order valence-corrected chi connectivity index (χ4v) is 0.430. The van der Waals surface area contributed by atoms with Gasteiger partial charge in [0.2, 0.25) is 0 Å². The summed E-state index contributed by atoms with van der Waals surface area (Å²) in [6, 6.07) is 0. The van der Waals surface area contributed by atoms with E-state index in [1.54, 1.807) is 0 Å². The molecule has 0 bridgehead atoms. The second-order valence-electron chi connectivity index (χ2n) is 1.70. The van der Waals surface area contributed by atoms with Crippen molar-refractivity contribution >= 4 is 0 Å². The molecule has 0 heterocycles. The molecule has 0 aromatic heterocycles. The monoisotopic (exact) mass is 142 g/mol. The summed E-state index contributed by atoms with van der Waals surface area (Å²) < 4.78 is 12.4. The fraction of sp³-hybridized carbons (Fsp3) is 0.250. The molecule has 2 heteroatoms. The van der Waals surface area contributed by atoms with Crippen molar-refractivity contribution in [2.75, 3.05) is 6.61 Å². The molecule has 0 radical (unpaired) electrons. The minimum atomic E-state index is -0.339. The van der Waals surface area contributed by atoms with E-state index in [-0.39, 0.29) is 12.4 Å². The van der Waals surface area contributed by atoms with Crippen molar-refractivity contribution in [2.24, 2.45) is 0 Å². The molecule has 0 saturated heterocycles. The Morgan fingerprint density at radius 2 is 2.30 bits per heavy atom. The molecular weight excluding hydrogens is 131 g/mol. The van der Waals surface area contributed by atoms with Crippen LogP contribution in [0.2, 0.25) is 0 Å². The van der Waals surface area contributed by atoms with Gasteiger partial charge in [-0.1, -0.05) is 18.7 Å². The van der Waals surface area contributed by atoms with Crippen molar-refractivity contribution in [3.63, 3.8) is 0 Å². The first kappa shape index (κ1) is 9.11. The molecule has 1 nitrogen and oxygen atoms in total. The topological polar surface area (TPSA) is 20.2 Å². The maximum absolute atomic E-state index is 12.4. The maximum Gasteiger partial charge on any atom is 0.119 e. The van der Waals surface area contributed by atoms with Crippen LogP contribution < -0.4 is 0 Å². The van der Waals surface area contributed by atoms with Gasteiger partial charge < -0.3 is 5.11 Å². The Hall–Kier alpha value is -0.890. The molecule has 0 unspecified atom stereocenters. The van der Waals surface area contributed by atoms with Crippen LogP contribution in [0.15, 0.2) is 36.7 Å². The number of aliphatic hydroxyl groups excluding tert-OH is 1. The first-order valence-electron chi connectivity index (χ1n) is 3.07. The molecular formula is C8H11FO. The molecule has 0 aliphatic carbocycles. The van der Waals surface area contributed by atoms with E-state index in [4.69, 9.17) is 5.11 Å². The fourth-order valence-electron chi connectivity index (χ4n) is 0.430. The Labute approximate surface area is 60.2 Å². The van der Waals surface area contributed by atoms with Crippen LogP contribution in [0, 0.1) is 0 Å². The molecule has 0 rings (SSSR count). The first-order valence-corrected chi connectivity index (χ1v) is 3.07. The van der Waals surface area contributed by atoms with Crippen LogP contribution in [0.3, 0.4) is 0 Å². The SMILES string of the molecule is C=C/C=C\C(F)=C\CCO. The largest absolute Gasteiger partial charge is 0.396 e. The van der Waals surface area contributed by atoms with Crippen LogP contribution in [0.25, 0.3) is 0 Å². The number of aliphatic hydroxyl groups is 1. The average Bonchev–Trinajstić information content (AvgIpc) is 1.97. The lowest BCUT2D eigenvalue weighted by atomic mass is 10.3. The van der Waals surface area contributed by atoms with Crippen molar-refractivity contribution in [3.8, 4) is 0 Å². The highest BCUT2D eigenvalue weighted by molar-refractivity contribution is 5.14. The van der Waals surface area contributed by atoms with Gasteiger partial charge in [-0.25, -0.2) is 4.39 Å². The van der Waals surface area contributed by atoms with Crippen molar-refractivity contribution < 1.29 is 9.50 Å². The van der Waals surface area contributed by atoms with E-state index >= 15 is 0 Å². The molecule has 0 aromatic carbocycles. The molecule has 0 spiro atoms. The van der Waals surface area contributed by atoms with Crippen LogP contribution in [0.1, 0.15) is 6.42 Å². The van der Waals surface area contributed by atoms with E-state index in [2.05, 4.69) is 6.58 Å². The third-order valence-electron chi connectivity index (χ3n) is 0.860. The molecule has 0 atom stereocenters. The normalized spacial score (nSPS) is 12.4. The second kappa shape index (κ2) is 6.23. The summed E-state index contributed by atoms with van der Waals surface area (Å²) in [6.45, 7) is 3.36. The van der Waals surface area contributed by atoms with Gasteiger partial charge in [0.25, 0.3) is 0 Å². The van der Waals surface area contributed by atoms with E-state index < -0.39 is 0 Å². The zero-order valence-corrected chi connectivity index (χ0v) is 5.76. The molecule has 56 valence electrons. The van der Waals surface area contributed by atoms with Crippen LogP contribution >= 0.6 is 0 Å². The molecule has 0 fully saturated rings. The van der Waals surface area contributed by atoms with Crippen molar-refractivity contribution in [1.82, 2.24) is 0 Å². The lowest BCUT2D eigenvalue weighted by molar-refractivity contribution is 0.302. The highest BCUT2D eigenvalue weighted by Crippen LogP contribution is 1.99. The minimum Gasteiger partial charge on any atom is -0.396 e. The Morgan fingerprint density at radius 1 is 1.60 bits per heavy atom. The number of allylic oxidation sites excluding steroid dienone is 4. The molecule has 0 aliphatic rings. The molecule has 0 amide bonds. The van der Waals surface area contributed by atoms with E-state index in [0.29, 0.717) is 6.42 Å². The van der Waals surface area contributed by atoms with Crippen molar-refractivity contribution in [2.45, 2.75) is 6.42 Å². The molecule has 0 aliphatic heterocycles. The quantitative estimate of drug-likeness (QED) is 0.595. The van der Waals surface area contributed by atoms with Crippen molar-refractivity contribution in [1.29, 1.82) is 0 Å². The summed E-state index contributed by atoms with van der Waals surface area (Å²) in [4.78, 5) is 0. The number of hydrogen-bond donors (Lipinski definition) is 1. The second-order valence-corrected chi connectivity index (χ2v) is 1.70. The highest BCUT2D eigenvalue weighted by atomic mass is 19.1. The van der Waals surface area contributed by atoms with E-state index in [1.165, 1.54) is 24.3 Å². The summed E-state index contributed by atoms with van der Waals surface area (Å²) >= 11 is 0. The number of rotatable bonds is 4. The van der Waals surface area contributed by atoms with E-state index in [9.17, 15) is 4.39 Å². The van der Waals surface area contributed by atoms with Crippen LogP contribution in [-0.2, 0) is 0 Å². The van der Waals surface area contributed by atoms with Gasteiger partial charge in [0.15, 0.2) is 0 Å². The number of hydrogen-bond acceptors (Lipinski definition) is 1. The Morgan fingerprint density at radius 3 is 2.80 bits per heavy atom. The molecule has 1 N–H and O–H groups in total. The Balaban J connectivity index is 3.69. The lowest BCUT2D eigenvalue weighted by Gasteiger charge is -1.84. The highest BCUT2D eigenvalue weighted by Gasteiger charge is 1.83. The van der Waals surface area contributed by atoms with Gasteiger partial charge in [-0.05, 0) is 18.6 Å². The predicted octanol–water partition coefficient (Wildman–Crippen LogP) is 1.96. The van der Waals surface area contributed by atoms with Gasteiger partial charge in [-0.3, -0.25) is 0 Å². The van der Waals surface area contributed by atoms with E-state index in [1.807, 2.05) is 0 Å². The summed E-state index contributed by atoms with van der Waals surface area (Å²) in [7, 11) is 0. The smallest absolute Gasteiger partial charge is 0.119 e. The summed E-state index contributed by atoms with van der Waals surface area (Å²) in [5.41, 5.74) is 0. The first-order chi connectivity index (χ1) is 4.81. The standard InChI is InChI=1S/C8H11FO/c1-2-3-5-8(9)6-4-7-10/h2-3,5-6,10H,1,4,7H2/b5-3-,8-6-. The lowest BCUT2D eigenvalue weighted by Crippen LogP contribution is -1.76. The van der Waals surface area contributed by atoms with Gasteiger partial charge in [0, 0.05) is 6.61 Å². The third kappa shape index (κ3) is 5.25. The Bertz CT molecular complexity index is 147. The molecule has 0 saturated carbocycles. The van der Waals surface area contributed by atoms with Crippen LogP contribution in [-0.4, -0.2) is 11.7 Å². The van der Waals surface area contributed by atoms with Gasteiger partial charge in [0.1, 0.15) is 5.83 Å². The zero-order valence-electron chi connectivity index (χ0n) is 5.76. The summed E-state index contributed by atoms with van der Waals surface area (Å²) in [5, 5.41) is 8.29. The minimum absolute atomic E-state index is 0.0185. The van der Waals surface area contributed by atoms with Gasteiger partial charge in [0.05, 0.1) is 0 Å². The molecule has 0 aromatic rings. The predicted molar refractivity (Wildman–Crippen MR) is 40.2 cm³/mol. The van der Waals surface area contributed by atoms with Crippen LogP contribution in [0.5, 0.6) is 0 Å². The Kier molecular flexibility index (Phi) is 5.68. The summed E-state index contributed by atoms with van der Waals surface area (Å²) in [5.74, 6) is -0.339. The van der Waals surface area contributed by atoms with Gasteiger partial charge >= 0.3 is 0 Å². The third-order valence-corrected chi connectivity index (χ3v) is 0.860. The number of halogens is 1. The van der Waals surface area contributed by atoms with Crippen molar-refractivity contribution in [3.05, 3.63) is 36.7 Å². The maximum atomic E-state index is 12.4. The zero-order chi connectivity index (χ0) is 7.82. The average molecular weight is 142 g/mol. The van der Waals surface area contributed by atoms with E-state index in [0.717, 1.165) is 0 Å².